The molecule has 1 atom stereocenters. The summed E-state index contributed by atoms with van der Waals surface area (Å²) in [6.45, 7) is 8.86. The Morgan fingerprint density at radius 3 is 2.45 bits per heavy atom. The van der Waals surface area contributed by atoms with Crippen LogP contribution >= 0.6 is 0 Å². The second-order valence-corrected chi connectivity index (χ2v) is 7.44. The van der Waals surface area contributed by atoms with Crippen LogP contribution in [-0.2, 0) is 4.79 Å². The highest BCUT2D eigenvalue weighted by atomic mass is 16.3. The monoisotopic (exact) mass is 284 g/mol. The highest BCUT2D eigenvalue weighted by Crippen LogP contribution is 2.38. The molecule has 0 aromatic carbocycles. The van der Waals surface area contributed by atoms with Crippen LogP contribution in [0.5, 0.6) is 0 Å². The van der Waals surface area contributed by atoms with E-state index in [1.165, 1.54) is 0 Å². The molecule has 4 nitrogen and oxygen atoms in total. The first kappa shape index (κ1) is 17.4. The van der Waals surface area contributed by atoms with Crippen molar-refractivity contribution in [2.45, 2.75) is 65.4 Å². The SMILES string of the molecule is CC(C)CC(C)(O)CNC(=O)C1(CN)CCC(C)CC1. The van der Waals surface area contributed by atoms with Gasteiger partial charge in [-0.1, -0.05) is 20.8 Å². The number of rotatable bonds is 6. The number of hydrogen-bond acceptors (Lipinski definition) is 3. The summed E-state index contributed by atoms with van der Waals surface area (Å²) in [5, 5.41) is 13.2. The molecule has 4 heteroatoms. The van der Waals surface area contributed by atoms with Gasteiger partial charge in [-0.3, -0.25) is 4.79 Å². The topological polar surface area (TPSA) is 75.3 Å². The van der Waals surface area contributed by atoms with Crippen LogP contribution in [0.15, 0.2) is 0 Å². The van der Waals surface area contributed by atoms with E-state index < -0.39 is 11.0 Å². The third-order valence-electron chi connectivity index (χ3n) is 4.58. The Balaban J connectivity index is 2.56. The summed E-state index contributed by atoms with van der Waals surface area (Å²) in [5.41, 5.74) is 4.62. The second kappa shape index (κ2) is 6.90. The molecule has 0 saturated heterocycles. The molecule has 1 unspecified atom stereocenters. The molecule has 0 bridgehead atoms. The van der Waals surface area contributed by atoms with E-state index in [0.29, 0.717) is 31.3 Å². The predicted molar refractivity (Wildman–Crippen MR) is 82.2 cm³/mol. The van der Waals surface area contributed by atoms with Gasteiger partial charge in [-0.15, -0.1) is 0 Å². The molecule has 4 N–H and O–H groups in total. The van der Waals surface area contributed by atoms with Crippen molar-refractivity contribution in [3.05, 3.63) is 0 Å². The third-order valence-corrected chi connectivity index (χ3v) is 4.58. The molecule has 0 aromatic heterocycles. The third kappa shape index (κ3) is 4.74. The molecule has 1 saturated carbocycles. The number of nitrogens with two attached hydrogens (primary N) is 1. The first-order valence-corrected chi connectivity index (χ1v) is 7.91. The van der Waals surface area contributed by atoms with Crippen molar-refractivity contribution >= 4 is 5.91 Å². The molecule has 118 valence electrons. The van der Waals surface area contributed by atoms with Gasteiger partial charge in [-0.25, -0.2) is 0 Å². The molecule has 0 aromatic rings. The van der Waals surface area contributed by atoms with E-state index in [9.17, 15) is 9.90 Å². The van der Waals surface area contributed by atoms with Crippen molar-refractivity contribution in [2.24, 2.45) is 23.0 Å². The number of aliphatic hydroxyl groups is 1. The first-order chi connectivity index (χ1) is 9.21. The number of carbonyl (C=O) groups is 1. The minimum absolute atomic E-state index is 0.0240. The summed E-state index contributed by atoms with van der Waals surface area (Å²) < 4.78 is 0. The van der Waals surface area contributed by atoms with E-state index in [1.807, 2.05) is 0 Å². The summed E-state index contributed by atoms with van der Waals surface area (Å²) in [5.74, 6) is 1.11. The van der Waals surface area contributed by atoms with Crippen LogP contribution < -0.4 is 11.1 Å². The lowest BCUT2D eigenvalue weighted by atomic mass is 9.70. The van der Waals surface area contributed by atoms with Crippen LogP contribution in [0.1, 0.15) is 59.8 Å². The number of hydrogen-bond donors (Lipinski definition) is 3. The van der Waals surface area contributed by atoms with Crippen LogP contribution in [0, 0.1) is 17.3 Å². The fourth-order valence-electron chi connectivity index (χ4n) is 3.25. The van der Waals surface area contributed by atoms with Crippen molar-refractivity contribution in [2.75, 3.05) is 13.1 Å². The summed E-state index contributed by atoms with van der Waals surface area (Å²) in [6, 6.07) is 0. The summed E-state index contributed by atoms with van der Waals surface area (Å²) >= 11 is 0. The predicted octanol–water partition coefficient (Wildman–Crippen LogP) is 2.05. The van der Waals surface area contributed by atoms with Gasteiger partial charge in [0.2, 0.25) is 5.91 Å². The van der Waals surface area contributed by atoms with Gasteiger partial charge >= 0.3 is 0 Å². The first-order valence-electron chi connectivity index (χ1n) is 7.91. The molecule has 0 aliphatic heterocycles. The molecule has 1 amide bonds. The highest BCUT2D eigenvalue weighted by Gasteiger charge is 2.40. The average molecular weight is 284 g/mol. The van der Waals surface area contributed by atoms with E-state index in [1.54, 1.807) is 6.92 Å². The van der Waals surface area contributed by atoms with Gasteiger partial charge in [0.25, 0.3) is 0 Å². The summed E-state index contributed by atoms with van der Waals surface area (Å²) in [7, 11) is 0. The largest absolute Gasteiger partial charge is 0.388 e. The molecular formula is C16H32N2O2. The van der Waals surface area contributed by atoms with Crippen LogP contribution in [0.25, 0.3) is 0 Å². The Kier molecular flexibility index (Phi) is 6.02. The lowest BCUT2D eigenvalue weighted by molar-refractivity contribution is -0.134. The smallest absolute Gasteiger partial charge is 0.227 e. The molecule has 0 heterocycles. The molecule has 1 aliphatic carbocycles. The minimum Gasteiger partial charge on any atom is -0.388 e. The van der Waals surface area contributed by atoms with Gasteiger partial charge in [0, 0.05) is 13.1 Å². The number of nitrogens with one attached hydrogen (secondary N) is 1. The van der Waals surface area contributed by atoms with E-state index in [-0.39, 0.29) is 5.91 Å². The minimum atomic E-state index is -0.846. The molecular weight excluding hydrogens is 252 g/mol. The molecule has 20 heavy (non-hydrogen) atoms. The lowest BCUT2D eigenvalue weighted by Gasteiger charge is -2.38. The maximum absolute atomic E-state index is 12.5. The number of carbonyl (C=O) groups excluding carboxylic acids is 1. The van der Waals surface area contributed by atoms with E-state index in [4.69, 9.17) is 5.73 Å². The van der Waals surface area contributed by atoms with Crippen LogP contribution in [0.3, 0.4) is 0 Å². The van der Waals surface area contributed by atoms with Crippen LogP contribution in [0.4, 0.5) is 0 Å². The van der Waals surface area contributed by atoms with Crippen LogP contribution in [-0.4, -0.2) is 29.7 Å². The molecule has 1 fully saturated rings. The second-order valence-electron chi connectivity index (χ2n) is 7.44. The fraction of sp³-hybridized carbons (Fsp3) is 0.938. The van der Waals surface area contributed by atoms with Gasteiger partial charge in [0.15, 0.2) is 0 Å². The number of amides is 1. The van der Waals surface area contributed by atoms with Gasteiger partial charge in [-0.05, 0) is 50.9 Å². The summed E-state index contributed by atoms with van der Waals surface area (Å²) in [4.78, 5) is 12.5. The van der Waals surface area contributed by atoms with E-state index >= 15 is 0 Å². The maximum Gasteiger partial charge on any atom is 0.227 e. The van der Waals surface area contributed by atoms with Crippen LogP contribution in [0.2, 0.25) is 0 Å². The molecule has 0 spiro atoms. The maximum atomic E-state index is 12.5. The van der Waals surface area contributed by atoms with Gasteiger partial charge in [0.05, 0.1) is 11.0 Å². The molecule has 1 rings (SSSR count). The lowest BCUT2D eigenvalue weighted by Crippen LogP contribution is -2.51. The molecule has 1 aliphatic rings. The van der Waals surface area contributed by atoms with Crippen molar-refractivity contribution in [3.63, 3.8) is 0 Å². The zero-order valence-corrected chi connectivity index (χ0v) is 13.5. The average Bonchev–Trinajstić information content (AvgIpc) is 2.36. The molecule has 0 radical (unpaired) electrons. The standard InChI is InChI=1S/C16H32N2O2/c1-12(2)9-15(4,20)11-18-14(19)16(10-17)7-5-13(3)6-8-16/h12-13,20H,5-11,17H2,1-4H3,(H,18,19). The summed E-state index contributed by atoms with van der Waals surface area (Å²) in [6.07, 6.45) is 4.53. The quantitative estimate of drug-likeness (QED) is 0.699. The van der Waals surface area contributed by atoms with Crippen molar-refractivity contribution in [1.29, 1.82) is 0 Å². The van der Waals surface area contributed by atoms with Gasteiger partial charge in [-0.2, -0.15) is 0 Å². The highest BCUT2D eigenvalue weighted by molar-refractivity contribution is 5.83. The Hall–Kier alpha value is -0.610. The van der Waals surface area contributed by atoms with E-state index in [2.05, 4.69) is 26.1 Å². The normalized spacial score (nSPS) is 30.1. The fourth-order valence-corrected chi connectivity index (χ4v) is 3.25. The zero-order chi connectivity index (χ0) is 15.4. The Morgan fingerprint density at radius 1 is 1.45 bits per heavy atom. The van der Waals surface area contributed by atoms with Gasteiger partial charge < -0.3 is 16.2 Å². The van der Waals surface area contributed by atoms with Crippen molar-refractivity contribution in [1.82, 2.24) is 5.32 Å². The van der Waals surface area contributed by atoms with Gasteiger partial charge in [0.1, 0.15) is 0 Å². The van der Waals surface area contributed by atoms with Crippen molar-refractivity contribution in [3.8, 4) is 0 Å². The van der Waals surface area contributed by atoms with E-state index in [0.717, 1.165) is 25.7 Å². The van der Waals surface area contributed by atoms with Crippen molar-refractivity contribution < 1.29 is 9.90 Å². The Morgan fingerprint density at radius 2 is 2.00 bits per heavy atom. The zero-order valence-electron chi connectivity index (χ0n) is 13.5. The Labute approximate surface area is 123 Å². The Bertz CT molecular complexity index is 318.